The molecule has 0 saturated heterocycles. The van der Waals surface area contributed by atoms with Crippen molar-refractivity contribution in [1.29, 1.82) is 0 Å². The summed E-state index contributed by atoms with van der Waals surface area (Å²) in [6.07, 6.45) is 8.25. The van der Waals surface area contributed by atoms with Crippen LogP contribution in [0.3, 0.4) is 0 Å². The number of alkyl halides is 1. The molecular weight excluding hydrogens is 228 g/mol. The minimum atomic E-state index is 0.560. The molecule has 0 fully saturated rings. The van der Waals surface area contributed by atoms with Crippen LogP contribution in [0.1, 0.15) is 32.7 Å². The third-order valence-corrected chi connectivity index (χ3v) is 3.14. The van der Waals surface area contributed by atoms with Gasteiger partial charge in [-0.05, 0) is 19.3 Å². The van der Waals surface area contributed by atoms with E-state index in [0.717, 1.165) is 11.2 Å². The molecule has 74 valence electrons. The maximum absolute atomic E-state index is 4.07. The van der Waals surface area contributed by atoms with Crippen molar-refractivity contribution in [3.63, 3.8) is 0 Å². The topological polar surface area (TPSA) is 17.8 Å². The molecule has 0 N–H and O–H groups in total. The van der Waals surface area contributed by atoms with E-state index in [-0.39, 0.29) is 0 Å². The van der Waals surface area contributed by atoms with Crippen molar-refractivity contribution in [3.8, 4) is 0 Å². The van der Waals surface area contributed by atoms with E-state index in [1.54, 1.807) is 0 Å². The molecule has 3 heteroatoms. The minimum Gasteiger partial charge on any atom is -0.334 e. The van der Waals surface area contributed by atoms with Crippen LogP contribution in [0.25, 0.3) is 0 Å². The summed E-state index contributed by atoms with van der Waals surface area (Å²) in [6.45, 7) is 4.51. The Morgan fingerprint density at radius 3 is 2.77 bits per heavy atom. The Hall–Kier alpha value is -0.310. The molecule has 0 aliphatic carbocycles. The molecular formula is C10H17BrN2. The van der Waals surface area contributed by atoms with Crippen LogP contribution in [-0.2, 0) is 0 Å². The van der Waals surface area contributed by atoms with Gasteiger partial charge in [0, 0.05) is 23.8 Å². The molecule has 0 aromatic carbocycles. The molecule has 0 amide bonds. The zero-order valence-corrected chi connectivity index (χ0v) is 9.87. The Labute approximate surface area is 88.5 Å². The first-order valence-corrected chi connectivity index (χ1v) is 5.95. The standard InChI is InChI=1S/C10H17BrN2/c1-3-10(4-5-11)9(2)13-7-6-12-8-13/h6-10H,3-5H2,1-2H3. The molecule has 0 bridgehead atoms. The SMILES string of the molecule is CCC(CCBr)C(C)n1ccnc1. The molecule has 0 radical (unpaired) electrons. The van der Waals surface area contributed by atoms with E-state index in [9.17, 15) is 0 Å². The number of halogens is 1. The Kier molecular flexibility index (Phi) is 4.50. The van der Waals surface area contributed by atoms with Gasteiger partial charge in [-0.15, -0.1) is 0 Å². The molecule has 0 spiro atoms. The van der Waals surface area contributed by atoms with Gasteiger partial charge in [-0.3, -0.25) is 0 Å². The second-order valence-electron chi connectivity index (χ2n) is 3.40. The van der Waals surface area contributed by atoms with Gasteiger partial charge in [0.1, 0.15) is 0 Å². The third-order valence-electron chi connectivity index (χ3n) is 2.68. The van der Waals surface area contributed by atoms with Crippen molar-refractivity contribution in [3.05, 3.63) is 18.7 Å². The normalized spacial score (nSPS) is 15.6. The summed E-state index contributed by atoms with van der Waals surface area (Å²) in [5, 5.41) is 1.09. The fraction of sp³-hybridized carbons (Fsp3) is 0.700. The van der Waals surface area contributed by atoms with E-state index >= 15 is 0 Å². The first-order valence-electron chi connectivity index (χ1n) is 4.83. The number of imidazole rings is 1. The summed E-state index contributed by atoms with van der Waals surface area (Å²) < 4.78 is 2.19. The van der Waals surface area contributed by atoms with Crippen molar-refractivity contribution < 1.29 is 0 Å². The van der Waals surface area contributed by atoms with Crippen LogP contribution in [0.15, 0.2) is 18.7 Å². The van der Waals surface area contributed by atoms with Crippen molar-refractivity contribution in [1.82, 2.24) is 9.55 Å². The maximum atomic E-state index is 4.07. The predicted molar refractivity (Wildman–Crippen MR) is 59.1 cm³/mol. The van der Waals surface area contributed by atoms with Gasteiger partial charge < -0.3 is 4.57 Å². The molecule has 13 heavy (non-hydrogen) atoms. The number of rotatable bonds is 5. The Morgan fingerprint density at radius 1 is 1.54 bits per heavy atom. The maximum Gasteiger partial charge on any atom is 0.0948 e. The highest BCUT2D eigenvalue weighted by Crippen LogP contribution is 2.24. The average Bonchev–Trinajstić information content (AvgIpc) is 2.65. The van der Waals surface area contributed by atoms with Crippen LogP contribution in [0.5, 0.6) is 0 Å². The summed E-state index contributed by atoms with van der Waals surface area (Å²) in [6, 6.07) is 0.560. The van der Waals surface area contributed by atoms with Crippen molar-refractivity contribution in [2.75, 3.05) is 5.33 Å². The van der Waals surface area contributed by atoms with E-state index in [1.165, 1.54) is 12.8 Å². The zero-order chi connectivity index (χ0) is 9.68. The summed E-state index contributed by atoms with van der Waals surface area (Å²) in [5.74, 6) is 0.744. The number of hydrogen-bond donors (Lipinski definition) is 0. The van der Waals surface area contributed by atoms with Crippen molar-refractivity contribution in [2.24, 2.45) is 5.92 Å². The van der Waals surface area contributed by atoms with Crippen LogP contribution < -0.4 is 0 Å². The van der Waals surface area contributed by atoms with Crippen molar-refractivity contribution >= 4 is 15.9 Å². The molecule has 0 saturated carbocycles. The van der Waals surface area contributed by atoms with Crippen LogP contribution in [-0.4, -0.2) is 14.9 Å². The van der Waals surface area contributed by atoms with Gasteiger partial charge in [0.25, 0.3) is 0 Å². The smallest absolute Gasteiger partial charge is 0.0948 e. The third kappa shape index (κ3) is 2.83. The Balaban J connectivity index is 2.58. The minimum absolute atomic E-state index is 0.560. The van der Waals surface area contributed by atoms with Gasteiger partial charge in [-0.1, -0.05) is 29.3 Å². The fourth-order valence-corrected chi connectivity index (χ4v) is 2.27. The predicted octanol–water partition coefficient (Wildman–Crippen LogP) is 3.26. The summed E-state index contributed by atoms with van der Waals surface area (Å²) in [5.41, 5.74) is 0. The van der Waals surface area contributed by atoms with Gasteiger partial charge >= 0.3 is 0 Å². The number of hydrogen-bond acceptors (Lipinski definition) is 1. The van der Waals surface area contributed by atoms with Gasteiger partial charge in [-0.2, -0.15) is 0 Å². The molecule has 2 atom stereocenters. The van der Waals surface area contributed by atoms with E-state index in [4.69, 9.17) is 0 Å². The second kappa shape index (κ2) is 5.43. The zero-order valence-electron chi connectivity index (χ0n) is 8.28. The lowest BCUT2D eigenvalue weighted by molar-refractivity contribution is 0.335. The first kappa shape index (κ1) is 10.8. The highest BCUT2D eigenvalue weighted by atomic mass is 79.9. The highest BCUT2D eigenvalue weighted by molar-refractivity contribution is 9.09. The van der Waals surface area contributed by atoms with Crippen LogP contribution in [0, 0.1) is 5.92 Å². The van der Waals surface area contributed by atoms with Gasteiger partial charge in [0.15, 0.2) is 0 Å². The summed E-state index contributed by atoms with van der Waals surface area (Å²) in [7, 11) is 0. The monoisotopic (exact) mass is 244 g/mol. The van der Waals surface area contributed by atoms with Gasteiger partial charge in [0.2, 0.25) is 0 Å². The average molecular weight is 245 g/mol. The van der Waals surface area contributed by atoms with Gasteiger partial charge in [-0.25, -0.2) is 4.98 Å². The van der Waals surface area contributed by atoms with E-state index in [1.807, 2.05) is 18.7 Å². The lowest BCUT2D eigenvalue weighted by Crippen LogP contribution is -2.15. The first-order chi connectivity index (χ1) is 6.29. The highest BCUT2D eigenvalue weighted by Gasteiger charge is 2.15. The molecule has 1 rings (SSSR count). The second-order valence-corrected chi connectivity index (χ2v) is 4.19. The molecule has 2 unspecified atom stereocenters. The molecule has 1 heterocycles. The number of aromatic nitrogens is 2. The molecule has 1 aromatic rings. The molecule has 1 aromatic heterocycles. The van der Waals surface area contributed by atoms with E-state index < -0.39 is 0 Å². The lowest BCUT2D eigenvalue weighted by atomic mass is 9.95. The number of nitrogens with zero attached hydrogens (tertiary/aromatic N) is 2. The van der Waals surface area contributed by atoms with E-state index in [2.05, 4.69) is 39.3 Å². The largest absolute Gasteiger partial charge is 0.334 e. The molecule has 2 nitrogen and oxygen atoms in total. The lowest BCUT2D eigenvalue weighted by Gasteiger charge is -2.22. The van der Waals surface area contributed by atoms with Crippen molar-refractivity contribution in [2.45, 2.75) is 32.7 Å². The fourth-order valence-electron chi connectivity index (χ4n) is 1.68. The molecule has 0 aliphatic heterocycles. The van der Waals surface area contributed by atoms with Gasteiger partial charge in [0.05, 0.1) is 6.33 Å². The summed E-state index contributed by atoms with van der Waals surface area (Å²) in [4.78, 5) is 4.07. The summed E-state index contributed by atoms with van der Waals surface area (Å²) >= 11 is 3.50. The quantitative estimate of drug-likeness (QED) is 0.728. The van der Waals surface area contributed by atoms with Crippen LogP contribution in [0.2, 0.25) is 0 Å². The molecule has 0 aliphatic rings. The Bertz CT molecular complexity index is 221. The van der Waals surface area contributed by atoms with Crippen LogP contribution in [0.4, 0.5) is 0 Å². The van der Waals surface area contributed by atoms with E-state index in [0.29, 0.717) is 6.04 Å². The Morgan fingerprint density at radius 2 is 2.31 bits per heavy atom. The van der Waals surface area contributed by atoms with Crippen LogP contribution >= 0.6 is 15.9 Å².